The van der Waals surface area contributed by atoms with Gasteiger partial charge in [0.25, 0.3) is 11.8 Å². The molecular formula is C24H19Br2N3O3. The zero-order chi connectivity index (χ0) is 22.9. The van der Waals surface area contributed by atoms with Gasteiger partial charge in [-0.15, -0.1) is 0 Å². The number of hydrogen-bond donors (Lipinski definition) is 2. The molecule has 0 saturated heterocycles. The fraction of sp³-hybridized carbons (Fsp3) is 0.0417. The number of allylic oxidation sites excluding steroid dienone is 2. The molecule has 8 heteroatoms. The Morgan fingerprint density at radius 2 is 1.66 bits per heavy atom. The summed E-state index contributed by atoms with van der Waals surface area (Å²) in [6.07, 6.45) is 4.86. The molecule has 0 atom stereocenters. The molecule has 1 aromatic heterocycles. The Balaban J connectivity index is 1.80. The molecule has 1 heterocycles. The molecule has 0 saturated carbocycles. The fourth-order valence-electron chi connectivity index (χ4n) is 2.67. The van der Waals surface area contributed by atoms with Crippen LogP contribution in [0.3, 0.4) is 0 Å². The summed E-state index contributed by atoms with van der Waals surface area (Å²) in [4.78, 5) is 25.4. The first kappa shape index (κ1) is 23.4. The Bertz CT molecular complexity index is 1160. The average molecular weight is 557 g/mol. The number of halogens is 2. The highest BCUT2D eigenvalue weighted by Gasteiger charge is 2.14. The van der Waals surface area contributed by atoms with Crippen LogP contribution in [0.15, 0.2) is 103 Å². The third-order valence-electron chi connectivity index (χ3n) is 4.12. The topological polar surface area (TPSA) is 83.7 Å². The molecule has 0 spiro atoms. The van der Waals surface area contributed by atoms with Crippen LogP contribution in [0.5, 0.6) is 0 Å². The number of amides is 2. The molecule has 2 N–H and O–H groups in total. The number of rotatable bonds is 7. The molecule has 162 valence electrons. The molecule has 0 aliphatic heterocycles. The summed E-state index contributed by atoms with van der Waals surface area (Å²) >= 11 is 6.55. The van der Waals surface area contributed by atoms with Crippen molar-refractivity contribution >= 4 is 56.0 Å². The predicted molar refractivity (Wildman–Crippen MR) is 132 cm³/mol. The maximum absolute atomic E-state index is 12.8. The minimum atomic E-state index is -0.573. The Hall–Kier alpha value is -3.23. The lowest BCUT2D eigenvalue weighted by Gasteiger charge is -2.09. The van der Waals surface area contributed by atoms with Crippen molar-refractivity contribution in [1.82, 2.24) is 10.7 Å². The summed E-state index contributed by atoms with van der Waals surface area (Å²) in [5.74, 6) is -0.540. The maximum atomic E-state index is 12.8. The zero-order valence-corrected chi connectivity index (χ0v) is 20.2. The molecule has 0 radical (unpaired) electrons. The van der Waals surface area contributed by atoms with Crippen LogP contribution in [0.2, 0.25) is 0 Å². The van der Waals surface area contributed by atoms with Crippen LogP contribution in [0.25, 0.3) is 6.08 Å². The first-order valence-corrected chi connectivity index (χ1v) is 11.1. The van der Waals surface area contributed by atoms with E-state index in [1.807, 2.05) is 49.4 Å². The van der Waals surface area contributed by atoms with Gasteiger partial charge in [-0.1, -0.05) is 54.6 Å². The second-order valence-corrected chi connectivity index (χ2v) is 8.22. The largest absolute Gasteiger partial charge is 0.447 e. The normalized spacial score (nSPS) is 12.1. The second kappa shape index (κ2) is 11.4. The number of hydrogen-bond acceptors (Lipinski definition) is 4. The van der Waals surface area contributed by atoms with E-state index in [9.17, 15) is 9.59 Å². The summed E-state index contributed by atoms with van der Waals surface area (Å²) in [7, 11) is 0. The number of benzene rings is 2. The van der Waals surface area contributed by atoms with E-state index in [1.54, 1.807) is 36.4 Å². The van der Waals surface area contributed by atoms with Crippen LogP contribution < -0.4 is 10.7 Å². The molecule has 0 unspecified atom stereocenters. The molecule has 0 aliphatic rings. The van der Waals surface area contributed by atoms with Crippen molar-refractivity contribution in [2.24, 2.45) is 5.10 Å². The van der Waals surface area contributed by atoms with E-state index in [0.717, 1.165) is 15.6 Å². The van der Waals surface area contributed by atoms with Gasteiger partial charge in [0, 0.05) is 11.6 Å². The smallest absolute Gasteiger partial charge is 0.287 e. The SMILES string of the molecule is CC(/C=C(\NC(=O)c1ccccc1)C(=O)N/N=C/c1cc(Br)c(Br)o1)=C\c1ccccc1. The lowest BCUT2D eigenvalue weighted by atomic mass is 10.1. The van der Waals surface area contributed by atoms with Gasteiger partial charge in [0.15, 0.2) is 4.67 Å². The Labute approximate surface area is 202 Å². The van der Waals surface area contributed by atoms with Gasteiger partial charge in [-0.2, -0.15) is 5.10 Å². The molecule has 32 heavy (non-hydrogen) atoms. The summed E-state index contributed by atoms with van der Waals surface area (Å²) in [5, 5.41) is 6.59. The molecule has 0 bridgehead atoms. The van der Waals surface area contributed by atoms with Gasteiger partial charge in [-0.3, -0.25) is 9.59 Å². The molecular weight excluding hydrogens is 538 g/mol. The van der Waals surface area contributed by atoms with Crippen molar-refractivity contribution in [1.29, 1.82) is 0 Å². The lowest BCUT2D eigenvalue weighted by Crippen LogP contribution is -2.33. The van der Waals surface area contributed by atoms with Crippen LogP contribution in [0.1, 0.15) is 28.6 Å². The summed E-state index contributed by atoms with van der Waals surface area (Å²) in [6.45, 7) is 1.84. The third-order valence-corrected chi connectivity index (χ3v) is 5.83. The quantitative estimate of drug-likeness (QED) is 0.170. The van der Waals surface area contributed by atoms with E-state index in [2.05, 4.69) is 47.7 Å². The van der Waals surface area contributed by atoms with Crippen molar-refractivity contribution in [3.63, 3.8) is 0 Å². The number of carbonyl (C=O) groups excluding carboxylic acids is 2. The van der Waals surface area contributed by atoms with Gasteiger partial charge in [0.2, 0.25) is 0 Å². The number of nitrogens with one attached hydrogen (secondary N) is 2. The van der Waals surface area contributed by atoms with Gasteiger partial charge in [0.1, 0.15) is 11.5 Å². The second-order valence-electron chi connectivity index (χ2n) is 6.65. The van der Waals surface area contributed by atoms with Crippen LogP contribution in [0, 0.1) is 0 Å². The molecule has 3 rings (SSSR count). The third kappa shape index (κ3) is 6.90. The monoisotopic (exact) mass is 555 g/mol. The van der Waals surface area contributed by atoms with Crippen molar-refractivity contribution < 1.29 is 14.0 Å². The van der Waals surface area contributed by atoms with Crippen LogP contribution in [-0.2, 0) is 4.79 Å². The van der Waals surface area contributed by atoms with E-state index >= 15 is 0 Å². The van der Waals surface area contributed by atoms with E-state index in [0.29, 0.717) is 16.0 Å². The van der Waals surface area contributed by atoms with Gasteiger partial charge in [-0.25, -0.2) is 5.43 Å². The van der Waals surface area contributed by atoms with Crippen molar-refractivity contribution in [2.45, 2.75) is 6.92 Å². The maximum Gasteiger partial charge on any atom is 0.287 e. The average Bonchev–Trinajstić information content (AvgIpc) is 3.11. The highest BCUT2D eigenvalue weighted by atomic mass is 79.9. The number of furan rings is 1. The predicted octanol–water partition coefficient (Wildman–Crippen LogP) is 5.67. The fourth-order valence-corrected chi connectivity index (χ4v) is 3.27. The van der Waals surface area contributed by atoms with Crippen LogP contribution in [0.4, 0.5) is 0 Å². The van der Waals surface area contributed by atoms with Gasteiger partial charge >= 0.3 is 0 Å². The first-order valence-electron chi connectivity index (χ1n) is 9.52. The summed E-state index contributed by atoms with van der Waals surface area (Å²) in [6, 6.07) is 20.0. The molecule has 2 aromatic carbocycles. The van der Waals surface area contributed by atoms with Crippen molar-refractivity contribution in [3.8, 4) is 0 Å². The first-order chi connectivity index (χ1) is 15.4. The Morgan fingerprint density at radius 3 is 2.28 bits per heavy atom. The Kier molecular flexibility index (Phi) is 8.35. The van der Waals surface area contributed by atoms with Crippen LogP contribution in [-0.4, -0.2) is 18.0 Å². The van der Waals surface area contributed by atoms with E-state index in [-0.39, 0.29) is 5.70 Å². The highest BCUT2D eigenvalue weighted by Crippen LogP contribution is 2.25. The molecule has 6 nitrogen and oxygen atoms in total. The van der Waals surface area contributed by atoms with Gasteiger partial charge in [0.05, 0.1) is 10.7 Å². The van der Waals surface area contributed by atoms with Gasteiger partial charge < -0.3 is 9.73 Å². The number of hydrazone groups is 1. The van der Waals surface area contributed by atoms with Crippen LogP contribution >= 0.6 is 31.9 Å². The molecule has 3 aromatic rings. The molecule has 2 amide bonds. The van der Waals surface area contributed by atoms with E-state index in [4.69, 9.17) is 4.42 Å². The molecule has 0 fully saturated rings. The van der Waals surface area contributed by atoms with Gasteiger partial charge in [-0.05, 0) is 68.1 Å². The summed E-state index contributed by atoms with van der Waals surface area (Å²) < 4.78 is 6.63. The zero-order valence-electron chi connectivity index (χ0n) is 17.0. The summed E-state index contributed by atoms with van der Waals surface area (Å²) in [5.41, 5.74) is 4.66. The Morgan fingerprint density at radius 1 is 1.00 bits per heavy atom. The lowest BCUT2D eigenvalue weighted by molar-refractivity contribution is -0.117. The minimum absolute atomic E-state index is 0.0579. The standard InChI is InChI=1S/C24H19Br2N3O3/c1-16(12-17-8-4-2-5-9-17)13-21(28-23(30)18-10-6-3-7-11-18)24(31)29-27-15-19-14-20(25)22(26)32-19/h2-15H,1H3,(H,28,30)(H,29,31)/b16-12+,21-13-,27-15+. The highest BCUT2D eigenvalue weighted by molar-refractivity contribution is 9.13. The van der Waals surface area contributed by atoms with E-state index < -0.39 is 11.8 Å². The number of carbonyl (C=O) groups is 2. The van der Waals surface area contributed by atoms with Crippen molar-refractivity contribution in [2.75, 3.05) is 0 Å². The molecule has 0 aliphatic carbocycles. The minimum Gasteiger partial charge on any atom is -0.447 e. The van der Waals surface area contributed by atoms with Crippen molar-refractivity contribution in [3.05, 3.63) is 110 Å². The number of nitrogens with zero attached hydrogens (tertiary/aromatic N) is 1. The van der Waals surface area contributed by atoms with E-state index in [1.165, 1.54) is 6.21 Å².